The van der Waals surface area contributed by atoms with Crippen LogP contribution in [0, 0.1) is 0 Å². The van der Waals surface area contributed by atoms with Crippen LogP contribution in [0.1, 0.15) is 23.6 Å². The van der Waals surface area contributed by atoms with Crippen molar-refractivity contribution in [2.24, 2.45) is 5.73 Å². The van der Waals surface area contributed by atoms with Crippen molar-refractivity contribution in [1.29, 1.82) is 0 Å². The summed E-state index contributed by atoms with van der Waals surface area (Å²) in [5.74, 6) is 0. The monoisotopic (exact) mass is 163 g/mol. The Kier molecular flexibility index (Phi) is 1.87. The summed E-state index contributed by atoms with van der Waals surface area (Å²) in [4.78, 5) is 0. The highest BCUT2D eigenvalue weighted by atomic mass is 16.3. The van der Waals surface area contributed by atoms with E-state index in [0.29, 0.717) is 0 Å². The molecule has 3 N–H and O–H groups in total. The molecule has 0 heterocycles. The predicted molar refractivity (Wildman–Crippen MR) is 47.7 cm³/mol. The molecule has 2 rings (SSSR count). The van der Waals surface area contributed by atoms with Gasteiger partial charge in [0, 0.05) is 0 Å². The number of fused-ring (bicyclic) bond motifs is 1. The zero-order chi connectivity index (χ0) is 8.55. The second kappa shape index (κ2) is 2.88. The Hall–Kier alpha value is -0.860. The lowest BCUT2D eigenvalue weighted by Gasteiger charge is -2.26. The third kappa shape index (κ3) is 1.13. The largest absolute Gasteiger partial charge is 0.391 e. The molecule has 1 aromatic rings. The highest BCUT2D eigenvalue weighted by Crippen LogP contribution is 2.27. The Bertz CT molecular complexity index is 285. The van der Waals surface area contributed by atoms with Crippen LogP contribution in [0.4, 0.5) is 0 Å². The van der Waals surface area contributed by atoms with E-state index in [9.17, 15) is 5.11 Å². The first kappa shape index (κ1) is 7.77. The van der Waals surface area contributed by atoms with Crippen LogP contribution >= 0.6 is 0 Å². The average Bonchev–Trinajstić information content (AvgIpc) is 2.12. The molecule has 2 nitrogen and oxygen atoms in total. The number of rotatable bonds is 0. The Labute approximate surface area is 72.0 Å². The SMILES string of the molecule is NC1c2ccccc2CCC1O. The van der Waals surface area contributed by atoms with Crippen LogP contribution in [0.5, 0.6) is 0 Å². The fraction of sp³-hybridized carbons (Fsp3) is 0.400. The van der Waals surface area contributed by atoms with Gasteiger partial charge < -0.3 is 10.8 Å². The van der Waals surface area contributed by atoms with Gasteiger partial charge in [-0.25, -0.2) is 0 Å². The van der Waals surface area contributed by atoms with E-state index in [1.165, 1.54) is 5.56 Å². The fourth-order valence-electron chi connectivity index (χ4n) is 1.78. The highest BCUT2D eigenvalue weighted by molar-refractivity contribution is 5.32. The quantitative estimate of drug-likeness (QED) is 0.599. The molecule has 1 aliphatic rings. The molecule has 1 aromatic carbocycles. The van der Waals surface area contributed by atoms with Crippen LogP contribution in [0.3, 0.4) is 0 Å². The summed E-state index contributed by atoms with van der Waals surface area (Å²) >= 11 is 0. The number of aliphatic hydroxyl groups is 1. The van der Waals surface area contributed by atoms with Crippen LogP contribution in [0.2, 0.25) is 0 Å². The Morgan fingerprint density at radius 3 is 2.92 bits per heavy atom. The molecule has 2 unspecified atom stereocenters. The number of nitrogens with two attached hydrogens (primary N) is 1. The van der Waals surface area contributed by atoms with Gasteiger partial charge in [-0.2, -0.15) is 0 Å². The fourth-order valence-corrected chi connectivity index (χ4v) is 1.78. The lowest BCUT2D eigenvalue weighted by molar-refractivity contribution is 0.128. The third-order valence-corrected chi connectivity index (χ3v) is 2.54. The van der Waals surface area contributed by atoms with Gasteiger partial charge in [0.05, 0.1) is 12.1 Å². The third-order valence-electron chi connectivity index (χ3n) is 2.54. The molecule has 0 bridgehead atoms. The van der Waals surface area contributed by atoms with Crippen LogP contribution < -0.4 is 5.73 Å². The molecule has 0 radical (unpaired) electrons. The first-order valence-corrected chi connectivity index (χ1v) is 4.30. The van der Waals surface area contributed by atoms with Crippen molar-refractivity contribution >= 4 is 0 Å². The summed E-state index contributed by atoms with van der Waals surface area (Å²) in [5, 5.41) is 9.50. The van der Waals surface area contributed by atoms with Crippen molar-refractivity contribution in [3.05, 3.63) is 35.4 Å². The van der Waals surface area contributed by atoms with Crippen molar-refractivity contribution in [3.8, 4) is 0 Å². The molecule has 1 aliphatic carbocycles. The van der Waals surface area contributed by atoms with Crippen LogP contribution in [0.25, 0.3) is 0 Å². The summed E-state index contributed by atoms with van der Waals surface area (Å²) in [5.41, 5.74) is 8.23. The smallest absolute Gasteiger partial charge is 0.0736 e. The van der Waals surface area contributed by atoms with Gasteiger partial charge >= 0.3 is 0 Å². The normalized spacial score (nSPS) is 28.2. The highest BCUT2D eigenvalue weighted by Gasteiger charge is 2.23. The summed E-state index contributed by atoms with van der Waals surface area (Å²) in [7, 11) is 0. The number of aliphatic hydroxyl groups excluding tert-OH is 1. The van der Waals surface area contributed by atoms with Crippen LogP contribution in [-0.4, -0.2) is 11.2 Å². The van der Waals surface area contributed by atoms with Crippen LogP contribution in [-0.2, 0) is 6.42 Å². The molecule has 0 aliphatic heterocycles. The van der Waals surface area contributed by atoms with Gasteiger partial charge in [0.2, 0.25) is 0 Å². The molecule has 0 aromatic heterocycles. The minimum atomic E-state index is -0.361. The average molecular weight is 163 g/mol. The van der Waals surface area contributed by atoms with E-state index in [0.717, 1.165) is 18.4 Å². The van der Waals surface area contributed by atoms with Crippen molar-refractivity contribution in [2.45, 2.75) is 25.0 Å². The van der Waals surface area contributed by atoms with Crippen molar-refractivity contribution in [3.63, 3.8) is 0 Å². The summed E-state index contributed by atoms with van der Waals surface area (Å²) in [6, 6.07) is 7.89. The molecule has 12 heavy (non-hydrogen) atoms. The maximum absolute atomic E-state index is 9.50. The minimum Gasteiger partial charge on any atom is -0.391 e. The number of benzene rings is 1. The molecule has 0 fully saturated rings. The molecule has 0 amide bonds. The van der Waals surface area contributed by atoms with Gasteiger partial charge in [-0.3, -0.25) is 0 Å². The standard InChI is InChI=1S/C10H13NO/c11-10-8-4-2-1-3-7(8)5-6-9(10)12/h1-4,9-10,12H,5-6,11H2. The first-order chi connectivity index (χ1) is 5.79. The maximum Gasteiger partial charge on any atom is 0.0736 e. The zero-order valence-electron chi connectivity index (χ0n) is 6.90. The zero-order valence-corrected chi connectivity index (χ0v) is 6.90. The molecular weight excluding hydrogens is 150 g/mol. The Morgan fingerprint density at radius 1 is 1.33 bits per heavy atom. The molecule has 0 spiro atoms. The van der Waals surface area contributed by atoms with E-state index >= 15 is 0 Å². The minimum absolute atomic E-state index is 0.185. The van der Waals surface area contributed by atoms with E-state index in [1.54, 1.807) is 0 Å². The van der Waals surface area contributed by atoms with E-state index in [-0.39, 0.29) is 12.1 Å². The second-order valence-electron chi connectivity index (χ2n) is 3.33. The van der Waals surface area contributed by atoms with Crippen molar-refractivity contribution < 1.29 is 5.11 Å². The van der Waals surface area contributed by atoms with Gasteiger partial charge in [-0.1, -0.05) is 24.3 Å². The topological polar surface area (TPSA) is 46.2 Å². The first-order valence-electron chi connectivity index (χ1n) is 4.30. The Morgan fingerprint density at radius 2 is 2.08 bits per heavy atom. The number of aryl methyl sites for hydroxylation is 1. The summed E-state index contributed by atoms with van der Waals surface area (Å²) in [6.07, 6.45) is 1.38. The van der Waals surface area contributed by atoms with Gasteiger partial charge in [-0.05, 0) is 24.0 Å². The van der Waals surface area contributed by atoms with E-state index < -0.39 is 0 Å². The molecule has 2 heteroatoms. The molecule has 0 saturated heterocycles. The molecular formula is C10H13NO. The van der Waals surface area contributed by atoms with E-state index in [4.69, 9.17) is 5.73 Å². The molecule has 2 atom stereocenters. The molecule has 0 saturated carbocycles. The summed E-state index contributed by atoms with van der Waals surface area (Å²) < 4.78 is 0. The van der Waals surface area contributed by atoms with E-state index in [2.05, 4.69) is 6.07 Å². The van der Waals surface area contributed by atoms with Gasteiger partial charge in [0.15, 0.2) is 0 Å². The van der Waals surface area contributed by atoms with Gasteiger partial charge in [0.25, 0.3) is 0 Å². The van der Waals surface area contributed by atoms with E-state index in [1.807, 2.05) is 18.2 Å². The maximum atomic E-state index is 9.50. The number of hydrogen-bond acceptors (Lipinski definition) is 2. The predicted octanol–water partition coefficient (Wildman–Crippen LogP) is 0.994. The Balaban J connectivity index is 2.42. The number of hydrogen-bond donors (Lipinski definition) is 2. The van der Waals surface area contributed by atoms with Crippen LogP contribution in [0.15, 0.2) is 24.3 Å². The van der Waals surface area contributed by atoms with Crippen molar-refractivity contribution in [2.75, 3.05) is 0 Å². The van der Waals surface area contributed by atoms with Gasteiger partial charge in [-0.15, -0.1) is 0 Å². The molecule has 64 valence electrons. The lowest BCUT2D eigenvalue weighted by atomic mass is 9.86. The summed E-state index contributed by atoms with van der Waals surface area (Å²) in [6.45, 7) is 0. The van der Waals surface area contributed by atoms with Gasteiger partial charge in [0.1, 0.15) is 0 Å². The van der Waals surface area contributed by atoms with Crippen molar-refractivity contribution in [1.82, 2.24) is 0 Å². The lowest BCUT2D eigenvalue weighted by Crippen LogP contribution is -2.31. The second-order valence-corrected chi connectivity index (χ2v) is 3.33.